The van der Waals surface area contributed by atoms with Crippen LogP contribution >= 0.6 is 0 Å². The summed E-state index contributed by atoms with van der Waals surface area (Å²) in [6.07, 6.45) is 3.29. The monoisotopic (exact) mass is 296 g/mol. The van der Waals surface area contributed by atoms with Crippen LogP contribution < -0.4 is 5.84 Å². The van der Waals surface area contributed by atoms with Crippen molar-refractivity contribution >= 4 is 5.91 Å². The van der Waals surface area contributed by atoms with Gasteiger partial charge in [0.25, 0.3) is 0 Å². The van der Waals surface area contributed by atoms with Gasteiger partial charge in [-0.05, 0) is 38.0 Å². The van der Waals surface area contributed by atoms with E-state index in [2.05, 4.69) is 6.92 Å². The highest BCUT2D eigenvalue weighted by atomic mass is 17.3. The molecular weight excluding hydrogens is 272 g/mol. The zero-order chi connectivity index (χ0) is 15.0. The standard InChI is InChI=1S/C15H24N2O4/c1-8-4-5-11-9(2)12(18)17(16)13-15(11)10(8)6-7-14(3,19-13)20-21-15/h8-11,13H,4-7,16H2,1-3H3/t8-,9-,10+,11+,13-,14+,15+/m1/s1. The molecule has 1 amide bonds. The van der Waals surface area contributed by atoms with Crippen molar-refractivity contribution in [1.82, 2.24) is 5.01 Å². The van der Waals surface area contributed by atoms with Gasteiger partial charge in [0.05, 0.1) is 0 Å². The number of nitrogens with zero attached hydrogens (tertiary/aromatic N) is 1. The Morgan fingerprint density at radius 3 is 2.71 bits per heavy atom. The number of rotatable bonds is 0. The van der Waals surface area contributed by atoms with Gasteiger partial charge in [-0.3, -0.25) is 4.79 Å². The fraction of sp³-hybridized carbons (Fsp3) is 0.933. The fourth-order valence-corrected chi connectivity index (χ4v) is 5.09. The van der Waals surface area contributed by atoms with Gasteiger partial charge in [0.1, 0.15) is 0 Å². The maximum atomic E-state index is 12.5. The largest absolute Gasteiger partial charge is 0.319 e. The van der Waals surface area contributed by atoms with Crippen LogP contribution in [0.4, 0.5) is 0 Å². The van der Waals surface area contributed by atoms with Crippen molar-refractivity contribution in [3.05, 3.63) is 0 Å². The van der Waals surface area contributed by atoms with E-state index in [1.165, 1.54) is 5.01 Å². The van der Waals surface area contributed by atoms with Crippen molar-refractivity contribution in [2.45, 2.75) is 64.1 Å². The van der Waals surface area contributed by atoms with Gasteiger partial charge in [0.15, 0.2) is 11.8 Å². The zero-order valence-corrected chi connectivity index (χ0v) is 12.9. The number of carbonyl (C=O) groups is 1. The highest BCUT2D eigenvalue weighted by Gasteiger charge is 2.70. The minimum absolute atomic E-state index is 0.0521. The number of hydrazine groups is 1. The molecule has 5 rings (SSSR count). The van der Waals surface area contributed by atoms with Crippen molar-refractivity contribution in [2.24, 2.45) is 29.5 Å². The third-order valence-electron chi connectivity index (χ3n) is 6.30. The molecule has 5 aliphatic rings. The van der Waals surface area contributed by atoms with Gasteiger partial charge in [-0.25, -0.2) is 20.6 Å². The number of hydrogen-bond donors (Lipinski definition) is 1. The number of piperidine rings is 1. The molecule has 0 aromatic rings. The molecular formula is C15H24N2O4. The highest BCUT2D eigenvalue weighted by molar-refractivity contribution is 5.80. The van der Waals surface area contributed by atoms with Gasteiger partial charge in [0, 0.05) is 18.3 Å². The molecule has 4 aliphatic heterocycles. The molecule has 2 bridgehead atoms. The molecule has 4 heterocycles. The zero-order valence-electron chi connectivity index (χ0n) is 12.9. The Morgan fingerprint density at radius 2 is 1.95 bits per heavy atom. The molecule has 7 atom stereocenters. The third kappa shape index (κ3) is 1.59. The van der Waals surface area contributed by atoms with E-state index < -0.39 is 17.6 Å². The van der Waals surface area contributed by atoms with Gasteiger partial charge in [0.2, 0.25) is 11.7 Å². The van der Waals surface area contributed by atoms with Crippen LogP contribution in [0.15, 0.2) is 0 Å². The van der Waals surface area contributed by atoms with Gasteiger partial charge < -0.3 is 4.74 Å². The molecule has 4 saturated heterocycles. The Morgan fingerprint density at radius 1 is 1.19 bits per heavy atom. The molecule has 6 heteroatoms. The molecule has 1 aliphatic carbocycles. The second-order valence-electron chi connectivity index (χ2n) is 7.46. The van der Waals surface area contributed by atoms with Gasteiger partial charge in [-0.15, -0.1) is 0 Å². The second kappa shape index (κ2) is 4.19. The van der Waals surface area contributed by atoms with Gasteiger partial charge >= 0.3 is 0 Å². The van der Waals surface area contributed by atoms with Gasteiger partial charge in [-0.1, -0.05) is 13.8 Å². The average Bonchev–Trinajstić information content (AvgIpc) is 2.69. The maximum Gasteiger partial charge on any atom is 0.242 e. The van der Waals surface area contributed by atoms with Crippen molar-refractivity contribution < 1.29 is 19.3 Å². The molecule has 0 radical (unpaired) electrons. The molecule has 0 aromatic heterocycles. The summed E-state index contributed by atoms with van der Waals surface area (Å²) in [5.74, 6) is 6.03. The fourth-order valence-electron chi connectivity index (χ4n) is 5.09. The van der Waals surface area contributed by atoms with Crippen LogP contribution in [0, 0.1) is 23.7 Å². The SMILES string of the molecule is C[C@@H]1CC[C@H]2[C@@H](C)C(=O)N(N)[C@@H]3O[C@]4(C)CC[C@@H]1[C@]23OO4. The number of ether oxygens (including phenoxy) is 1. The van der Waals surface area contributed by atoms with Crippen LogP contribution in [0.5, 0.6) is 0 Å². The van der Waals surface area contributed by atoms with Crippen LogP contribution in [0.1, 0.15) is 46.5 Å². The Bertz CT molecular complexity index is 486. The van der Waals surface area contributed by atoms with Crippen molar-refractivity contribution in [2.75, 3.05) is 0 Å². The van der Waals surface area contributed by atoms with Crippen LogP contribution in [-0.2, 0) is 19.3 Å². The van der Waals surface area contributed by atoms with Crippen molar-refractivity contribution in [3.63, 3.8) is 0 Å². The number of hydrogen-bond acceptors (Lipinski definition) is 5. The lowest BCUT2D eigenvalue weighted by Crippen LogP contribution is -2.76. The summed E-state index contributed by atoms with van der Waals surface area (Å²) in [7, 11) is 0. The van der Waals surface area contributed by atoms with E-state index in [9.17, 15) is 4.79 Å². The number of fused-ring (bicyclic) bond motifs is 2. The first kappa shape index (κ1) is 13.9. The lowest BCUT2D eigenvalue weighted by Gasteiger charge is -2.60. The van der Waals surface area contributed by atoms with Gasteiger partial charge in [-0.2, -0.15) is 0 Å². The maximum absolute atomic E-state index is 12.5. The molecule has 1 spiro atoms. The molecule has 1 saturated carbocycles. The summed E-state index contributed by atoms with van der Waals surface area (Å²) in [4.78, 5) is 24.2. The van der Waals surface area contributed by atoms with E-state index in [-0.39, 0.29) is 17.7 Å². The van der Waals surface area contributed by atoms with Crippen LogP contribution in [0.25, 0.3) is 0 Å². The number of amides is 1. The highest BCUT2D eigenvalue weighted by Crippen LogP contribution is 2.59. The molecule has 21 heavy (non-hydrogen) atoms. The Balaban J connectivity index is 1.87. The quantitative estimate of drug-likeness (QED) is 0.417. The van der Waals surface area contributed by atoms with E-state index >= 15 is 0 Å². The Kier molecular flexibility index (Phi) is 2.78. The summed E-state index contributed by atoms with van der Waals surface area (Å²) >= 11 is 0. The first-order valence-electron chi connectivity index (χ1n) is 8.01. The summed E-state index contributed by atoms with van der Waals surface area (Å²) < 4.78 is 6.14. The van der Waals surface area contributed by atoms with Crippen LogP contribution in [0.3, 0.4) is 0 Å². The van der Waals surface area contributed by atoms with Crippen molar-refractivity contribution in [1.29, 1.82) is 0 Å². The first-order chi connectivity index (χ1) is 9.89. The molecule has 118 valence electrons. The number of carbonyl (C=O) groups excluding carboxylic acids is 1. The molecule has 0 aromatic carbocycles. The van der Waals surface area contributed by atoms with Crippen LogP contribution in [-0.4, -0.2) is 28.5 Å². The van der Waals surface area contributed by atoms with Crippen LogP contribution in [0.2, 0.25) is 0 Å². The number of nitrogens with two attached hydrogens (primary N) is 1. The second-order valence-corrected chi connectivity index (χ2v) is 7.46. The van der Waals surface area contributed by atoms with E-state index in [0.29, 0.717) is 11.8 Å². The topological polar surface area (TPSA) is 74.0 Å². The molecule has 2 N–H and O–H groups in total. The smallest absolute Gasteiger partial charge is 0.242 e. The Labute approximate surface area is 124 Å². The minimum atomic E-state index is -0.810. The summed E-state index contributed by atoms with van der Waals surface area (Å²) in [6.45, 7) is 6.08. The Hall–Kier alpha value is -0.690. The lowest BCUT2D eigenvalue weighted by molar-refractivity contribution is -0.548. The lowest BCUT2D eigenvalue weighted by atomic mass is 9.57. The predicted octanol–water partition coefficient (Wildman–Crippen LogP) is 1.55. The predicted molar refractivity (Wildman–Crippen MR) is 73.0 cm³/mol. The molecule has 0 unspecified atom stereocenters. The summed E-state index contributed by atoms with van der Waals surface area (Å²) in [5.41, 5.74) is -0.615. The first-order valence-corrected chi connectivity index (χ1v) is 8.01. The summed E-state index contributed by atoms with van der Waals surface area (Å²) in [5, 5.41) is 1.26. The molecule has 5 fully saturated rings. The average molecular weight is 296 g/mol. The van der Waals surface area contributed by atoms with E-state index in [1.807, 2.05) is 13.8 Å². The summed E-state index contributed by atoms with van der Waals surface area (Å²) in [6, 6.07) is 0. The normalized spacial score (nSPS) is 56.1. The van der Waals surface area contributed by atoms with E-state index in [1.54, 1.807) is 0 Å². The molecule has 6 nitrogen and oxygen atoms in total. The third-order valence-corrected chi connectivity index (χ3v) is 6.30. The minimum Gasteiger partial charge on any atom is -0.319 e. The van der Waals surface area contributed by atoms with Crippen molar-refractivity contribution in [3.8, 4) is 0 Å². The van der Waals surface area contributed by atoms with E-state index in [0.717, 1.165) is 25.7 Å². The van der Waals surface area contributed by atoms with E-state index in [4.69, 9.17) is 20.4 Å².